The molecule has 1 amide bonds. The van der Waals surface area contributed by atoms with Crippen LogP contribution in [0.5, 0.6) is 0 Å². The van der Waals surface area contributed by atoms with Crippen molar-refractivity contribution in [1.82, 2.24) is 13.9 Å². The minimum Gasteiger partial charge on any atom is -0.453 e. The van der Waals surface area contributed by atoms with E-state index in [0.717, 1.165) is 0 Å². The number of nitrogens with zero attached hydrogens (tertiary/aromatic N) is 2. The maximum Gasteiger partial charge on any atom is 0.410 e. The highest BCUT2D eigenvalue weighted by atomic mass is 32.3. The van der Waals surface area contributed by atoms with Crippen molar-refractivity contribution in [3.8, 4) is 0 Å². The molecule has 15 heteroatoms. The third-order valence-electron chi connectivity index (χ3n) is 5.55. The van der Waals surface area contributed by atoms with Crippen molar-refractivity contribution in [3.63, 3.8) is 0 Å². The quantitative estimate of drug-likeness (QED) is 0.399. The minimum atomic E-state index is -4.19. The highest BCUT2D eigenvalue weighted by molar-refractivity contribution is 7.94. The third-order valence-corrected chi connectivity index (χ3v) is 12.4. The maximum absolute atomic E-state index is 13.4. The number of nitrogens with one attached hydrogen (secondary N) is 1. The molecule has 0 fully saturated rings. The van der Waals surface area contributed by atoms with Crippen LogP contribution in [0.25, 0.3) is 0 Å². The average molecular weight is 580 g/mol. The van der Waals surface area contributed by atoms with Crippen LogP contribution in [0.3, 0.4) is 0 Å². The summed E-state index contributed by atoms with van der Waals surface area (Å²) in [4.78, 5) is 14.3. The summed E-state index contributed by atoms with van der Waals surface area (Å²) < 4.78 is 78.4. The molecular weight excluding hydrogens is 551 g/mol. The predicted molar refractivity (Wildman–Crippen MR) is 135 cm³/mol. The Bertz CT molecular complexity index is 1300. The zero-order chi connectivity index (χ0) is 26.5. The molecule has 0 spiro atoms. The van der Waals surface area contributed by atoms with Crippen molar-refractivity contribution in [3.05, 3.63) is 42.0 Å². The van der Waals surface area contributed by atoms with Crippen molar-refractivity contribution in [1.29, 1.82) is 0 Å². The topological polar surface area (TPSA) is 139 Å². The van der Waals surface area contributed by atoms with Gasteiger partial charge in [-0.1, -0.05) is 18.2 Å². The molecule has 0 radical (unpaired) electrons. The number of methoxy groups -OCH3 is 2. The lowest BCUT2D eigenvalue weighted by Crippen LogP contribution is -2.47. The molecule has 1 N–H and O–H groups in total. The van der Waals surface area contributed by atoms with E-state index >= 15 is 0 Å². The standard InChI is InChI=1S/C21H29N3O8S4/c1-4-24(21(25)32-3)18-14-23(11-8-12-31-2)36(29,30)20-17(18)13-19(33-20)35(27,28)22-15-34(26)16-9-6-5-7-10-16/h5-7,9-10,13,18,22H,4,8,11-12,14-15H2,1-3H3/t18-,34?/m0/s1. The van der Waals surface area contributed by atoms with E-state index < -0.39 is 43.0 Å². The fourth-order valence-corrected chi connectivity index (χ4v) is 10.0. The molecule has 2 aromatic rings. The van der Waals surface area contributed by atoms with Gasteiger partial charge in [-0.15, -0.1) is 11.3 Å². The van der Waals surface area contributed by atoms with E-state index in [2.05, 4.69) is 4.72 Å². The molecule has 3 rings (SSSR count). The molecule has 2 atom stereocenters. The first kappa shape index (κ1) is 28.7. The summed E-state index contributed by atoms with van der Waals surface area (Å²) in [7, 11) is -7.11. The van der Waals surface area contributed by atoms with Gasteiger partial charge in [-0.2, -0.15) is 9.03 Å². The molecule has 1 aliphatic heterocycles. The Kier molecular flexibility index (Phi) is 9.65. The van der Waals surface area contributed by atoms with Gasteiger partial charge >= 0.3 is 6.09 Å². The number of amides is 1. The average Bonchev–Trinajstić information content (AvgIpc) is 3.34. The Morgan fingerprint density at radius 2 is 1.97 bits per heavy atom. The number of benzene rings is 1. The van der Waals surface area contributed by atoms with Crippen LogP contribution < -0.4 is 4.72 Å². The van der Waals surface area contributed by atoms with Gasteiger partial charge in [0.05, 0.1) is 29.8 Å². The van der Waals surface area contributed by atoms with Crippen molar-refractivity contribution in [2.75, 3.05) is 46.3 Å². The molecule has 36 heavy (non-hydrogen) atoms. The lowest BCUT2D eigenvalue weighted by atomic mass is 10.1. The normalized spacial score (nSPS) is 18.4. The molecule has 1 aromatic heterocycles. The predicted octanol–water partition coefficient (Wildman–Crippen LogP) is 1.96. The van der Waals surface area contributed by atoms with Crippen LogP contribution in [0.1, 0.15) is 24.9 Å². The Morgan fingerprint density at radius 1 is 1.28 bits per heavy atom. The van der Waals surface area contributed by atoms with Gasteiger partial charge in [0.25, 0.3) is 20.0 Å². The molecule has 0 saturated heterocycles. The monoisotopic (exact) mass is 579 g/mol. The van der Waals surface area contributed by atoms with Gasteiger partial charge < -0.3 is 14.4 Å². The highest BCUT2D eigenvalue weighted by Gasteiger charge is 2.43. The lowest BCUT2D eigenvalue weighted by Gasteiger charge is -2.37. The van der Waals surface area contributed by atoms with Crippen LogP contribution in [0, 0.1) is 0 Å². The van der Waals surface area contributed by atoms with Crippen LogP contribution in [0.4, 0.5) is 4.79 Å². The molecule has 1 aliphatic rings. The first-order chi connectivity index (χ1) is 17.1. The third kappa shape index (κ3) is 6.15. The molecule has 11 nitrogen and oxygen atoms in total. The second kappa shape index (κ2) is 12.1. The van der Waals surface area contributed by atoms with Crippen LogP contribution in [-0.4, -0.2) is 82.7 Å². The molecular formula is C21H29N3O8S4. The van der Waals surface area contributed by atoms with Gasteiger partial charge in [0.15, 0.2) is 0 Å². The first-order valence-electron chi connectivity index (χ1n) is 11.0. The number of hydrogen-bond donors (Lipinski definition) is 1. The Labute approximate surface area is 217 Å². The first-order valence-corrected chi connectivity index (χ1v) is 16.0. The minimum absolute atomic E-state index is 0.0519. The Hall–Kier alpha value is -1.88. The molecule has 200 valence electrons. The largest absolute Gasteiger partial charge is 0.453 e. The number of rotatable bonds is 11. The van der Waals surface area contributed by atoms with Gasteiger partial charge in [0, 0.05) is 43.8 Å². The fraction of sp³-hybridized carbons (Fsp3) is 0.476. The molecule has 1 unspecified atom stereocenters. The van der Waals surface area contributed by atoms with Gasteiger partial charge in [0.2, 0.25) is 0 Å². The number of fused-ring (bicyclic) bond motifs is 1. The van der Waals surface area contributed by atoms with E-state index in [1.54, 1.807) is 37.3 Å². The van der Waals surface area contributed by atoms with Crippen LogP contribution in [0.2, 0.25) is 0 Å². The van der Waals surface area contributed by atoms with Crippen molar-refractivity contribution in [2.24, 2.45) is 0 Å². The van der Waals surface area contributed by atoms with Gasteiger partial charge in [-0.05, 0) is 31.5 Å². The summed E-state index contributed by atoms with van der Waals surface area (Å²) in [6.45, 7) is 2.36. The number of ether oxygens (including phenoxy) is 2. The van der Waals surface area contributed by atoms with Gasteiger partial charge in [-0.3, -0.25) is 4.21 Å². The smallest absolute Gasteiger partial charge is 0.410 e. The molecule has 0 aliphatic carbocycles. The van der Waals surface area contributed by atoms with E-state index in [4.69, 9.17) is 9.47 Å². The van der Waals surface area contributed by atoms with Gasteiger partial charge in [0.1, 0.15) is 8.42 Å². The summed E-state index contributed by atoms with van der Waals surface area (Å²) in [5.74, 6) is -0.377. The summed E-state index contributed by atoms with van der Waals surface area (Å²) >= 11 is 0.602. The highest BCUT2D eigenvalue weighted by Crippen LogP contribution is 2.42. The Morgan fingerprint density at radius 3 is 2.58 bits per heavy atom. The second-order valence-corrected chi connectivity index (χ2v) is 14.4. The maximum atomic E-state index is 13.4. The number of thiophene rings is 1. The van der Waals surface area contributed by atoms with E-state index in [-0.39, 0.29) is 39.5 Å². The fourth-order valence-electron chi connectivity index (χ4n) is 3.75. The summed E-state index contributed by atoms with van der Waals surface area (Å²) in [6.07, 6.45) is -0.234. The SMILES string of the molecule is CCN(C(=O)OC)[C@H]1CN(CCCOC)S(=O)(=O)c2sc(S(=O)(=O)NCS(=O)c3ccccc3)cc21. The molecule has 0 saturated carbocycles. The number of carbonyl (C=O) groups is 1. The van der Waals surface area contributed by atoms with Crippen molar-refractivity contribution < 1.29 is 35.3 Å². The van der Waals surface area contributed by atoms with Crippen molar-refractivity contribution in [2.45, 2.75) is 32.7 Å². The molecule has 0 bridgehead atoms. The van der Waals surface area contributed by atoms with Crippen molar-refractivity contribution >= 4 is 48.3 Å². The number of carbonyl (C=O) groups excluding carboxylic acids is 1. The Balaban J connectivity index is 1.97. The summed E-state index contributed by atoms with van der Waals surface area (Å²) in [6, 6.07) is 8.91. The lowest BCUT2D eigenvalue weighted by molar-refractivity contribution is 0.0981. The van der Waals surface area contributed by atoms with E-state index in [0.29, 0.717) is 29.3 Å². The van der Waals surface area contributed by atoms with Crippen LogP contribution in [0.15, 0.2) is 49.7 Å². The molecule has 1 aromatic carbocycles. The zero-order valence-electron chi connectivity index (χ0n) is 20.1. The van der Waals surface area contributed by atoms with E-state index in [1.807, 2.05) is 0 Å². The van der Waals surface area contributed by atoms with Crippen LogP contribution in [-0.2, 0) is 40.3 Å². The van der Waals surface area contributed by atoms with E-state index in [9.17, 15) is 25.8 Å². The number of likely N-dealkylation sites (N-methyl/N-ethyl adjacent to an activating group) is 1. The second-order valence-electron chi connectivity index (χ2n) is 7.74. The van der Waals surface area contributed by atoms with E-state index in [1.165, 1.54) is 29.5 Å². The summed E-state index contributed by atoms with van der Waals surface area (Å²) in [5, 5.41) is 0. The number of hydrogen-bond acceptors (Lipinski definition) is 9. The number of sulfonamides is 2. The van der Waals surface area contributed by atoms with Crippen LogP contribution >= 0.6 is 11.3 Å². The molecule has 2 heterocycles. The zero-order valence-corrected chi connectivity index (χ0v) is 23.3. The van der Waals surface area contributed by atoms with Gasteiger partial charge in [-0.25, -0.2) is 21.6 Å². The summed E-state index contributed by atoms with van der Waals surface area (Å²) in [5.41, 5.74) is 0.208.